The van der Waals surface area contributed by atoms with E-state index in [1.807, 2.05) is 6.20 Å². The third kappa shape index (κ3) is 1.98. The standard InChI is InChI=1S/C27H28N2O/c1-17-3-6-20-14-21-9-10-25(2)22(18-4-5-19-16-28-29-23(19)13-18)7-8-24(25)27(21)12-11-26(20,15-17)30-27/h4-5,7,9,13-14,16,24H,1,3,6,8,10-12,15H2,2H3,(H,28,29)/t24-,25-,26-,27?/m1/s1. The zero-order valence-electron chi connectivity index (χ0n) is 17.6. The minimum absolute atomic E-state index is 0.0670. The molecule has 5 aliphatic rings. The van der Waals surface area contributed by atoms with Crippen LogP contribution in [0.5, 0.6) is 0 Å². The van der Waals surface area contributed by atoms with Crippen molar-refractivity contribution in [1.29, 1.82) is 0 Å². The summed E-state index contributed by atoms with van der Waals surface area (Å²) in [5, 5.41) is 8.52. The number of ether oxygens (including phenoxy) is 1. The van der Waals surface area contributed by atoms with Gasteiger partial charge in [-0.05, 0) is 66.9 Å². The molecule has 1 aromatic carbocycles. The molecule has 1 N–H and O–H groups in total. The van der Waals surface area contributed by atoms with Crippen LogP contribution in [-0.4, -0.2) is 21.4 Å². The molecule has 3 heteroatoms. The van der Waals surface area contributed by atoms with Gasteiger partial charge in [-0.2, -0.15) is 5.10 Å². The summed E-state index contributed by atoms with van der Waals surface area (Å²) < 4.78 is 7.23. The van der Waals surface area contributed by atoms with Crippen LogP contribution in [0.2, 0.25) is 0 Å². The van der Waals surface area contributed by atoms with Crippen LogP contribution in [0.1, 0.15) is 57.4 Å². The fourth-order valence-corrected chi connectivity index (χ4v) is 7.48. The number of fused-ring (bicyclic) bond motifs is 2. The van der Waals surface area contributed by atoms with E-state index in [4.69, 9.17) is 4.74 Å². The van der Waals surface area contributed by atoms with Crippen molar-refractivity contribution in [3.8, 4) is 0 Å². The Labute approximate surface area is 177 Å². The molecule has 1 saturated carbocycles. The maximum atomic E-state index is 7.23. The highest BCUT2D eigenvalue weighted by molar-refractivity contribution is 5.84. The molecule has 7 rings (SSSR count). The van der Waals surface area contributed by atoms with E-state index >= 15 is 0 Å². The Morgan fingerprint density at radius 1 is 1.20 bits per heavy atom. The summed E-state index contributed by atoms with van der Waals surface area (Å²) in [5.41, 5.74) is 8.23. The van der Waals surface area contributed by atoms with Crippen molar-refractivity contribution < 1.29 is 4.74 Å². The van der Waals surface area contributed by atoms with E-state index in [0.717, 1.165) is 50.5 Å². The Morgan fingerprint density at radius 3 is 3.07 bits per heavy atom. The lowest BCUT2D eigenvalue weighted by molar-refractivity contribution is -0.123. The normalized spacial score (nSPS) is 39.2. The number of nitrogens with one attached hydrogen (secondary N) is 1. The summed E-state index contributed by atoms with van der Waals surface area (Å²) in [6, 6.07) is 6.74. The molecule has 0 amide bonds. The predicted octanol–water partition coefficient (Wildman–Crippen LogP) is 6.27. The van der Waals surface area contributed by atoms with Crippen LogP contribution in [0.4, 0.5) is 0 Å². The molecule has 2 bridgehead atoms. The molecule has 3 heterocycles. The Morgan fingerprint density at radius 2 is 2.13 bits per heavy atom. The van der Waals surface area contributed by atoms with E-state index in [1.165, 1.54) is 33.2 Å². The molecule has 1 aromatic heterocycles. The molecule has 3 nitrogen and oxygen atoms in total. The monoisotopic (exact) mass is 396 g/mol. The summed E-state index contributed by atoms with van der Waals surface area (Å²) in [6.07, 6.45) is 17.2. The second-order valence-electron chi connectivity index (χ2n) is 10.4. The van der Waals surface area contributed by atoms with Gasteiger partial charge < -0.3 is 4.74 Å². The summed E-state index contributed by atoms with van der Waals surface area (Å²) >= 11 is 0. The summed E-state index contributed by atoms with van der Waals surface area (Å²) in [4.78, 5) is 0. The van der Waals surface area contributed by atoms with Crippen LogP contribution in [0.3, 0.4) is 0 Å². The molecule has 4 atom stereocenters. The number of benzene rings is 1. The molecule has 152 valence electrons. The molecule has 2 fully saturated rings. The first-order valence-electron chi connectivity index (χ1n) is 11.5. The third-order valence-electron chi connectivity index (χ3n) is 8.97. The molecule has 2 aliphatic heterocycles. The smallest absolute Gasteiger partial charge is 0.0981 e. The van der Waals surface area contributed by atoms with Gasteiger partial charge in [0.05, 0.1) is 22.9 Å². The van der Waals surface area contributed by atoms with Gasteiger partial charge in [-0.3, -0.25) is 5.10 Å². The Kier molecular flexibility index (Phi) is 3.14. The van der Waals surface area contributed by atoms with Gasteiger partial charge in [0.25, 0.3) is 0 Å². The molecule has 30 heavy (non-hydrogen) atoms. The molecule has 3 aliphatic carbocycles. The van der Waals surface area contributed by atoms with E-state index in [0.29, 0.717) is 5.92 Å². The second-order valence-corrected chi connectivity index (χ2v) is 10.4. The zero-order chi connectivity index (χ0) is 20.1. The highest BCUT2D eigenvalue weighted by atomic mass is 16.5. The maximum Gasteiger partial charge on any atom is 0.0981 e. The fraction of sp³-hybridized carbons (Fsp3) is 0.444. The Balaban J connectivity index is 1.33. The number of allylic oxidation sites excluding steroid dienone is 3. The van der Waals surface area contributed by atoms with Gasteiger partial charge in [-0.25, -0.2) is 0 Å². The van der Waals surface area contributed by atoms with Crippen molar-refractivity contribution in [2.45, 2.75) is 63.1 Å². The Bertz CT molecular complexity index is 1210. The average molecular weight is 397 g/mol. The summed E-state index contributed by atoms with van der Waals surface area (Å²) in [6.45, 7) is 6.81. The maximum absolute atomic E-state index is 7.23. The largest absolute Gasteiger partial charge is 0.359 e. The lowest BCUT2D eigenvalue weighted by Crippen LogP contribution is -2.53. The minimum atomic E-state index is -0.121. The molecule has 2 aromatic rings. The third-order valence-corrected chi connectivity index (χ3v) is 8.97. The van der Waals surface area contributed by atoms with Crippen LogP contribution < -0.4 is 0 Å². The topological polar surface area (TPSA) is 37.9 Å². The first kappa shape index (κ1) is 17.3. The molecule has 0 radical (unpaired) electrons. The molecular weight excluding hydrogens is 368 g/mol. The molecule has 2 spiro atoms. The van der Waals surface area contributed by atoms with Crippen molar-refractivity contribution in [3.63, 3.8) is 0 Å². The van der Waals surface area contributed by atoms with Crippen LogP contribution in [0, 0.1) is 11.3 Å². The second kappa shape index (κ2) is 5.45. The van der Waals surface area contributed by atoms with Gasteiger partial charge in [0, 0.05) is 23.1 Å². The first-order chi connectivity index (χ1) is 14.5. The highest BCUT2D eigenvalue weighted by Crippen LogP contribution is 2.67. The van der Waals surface area contributed by atoms with Gasteiger partial charge in [0.2, 0.25) is 0 Å². The summed E-state index contributed by atoms with van der Waals surface area (Å²) in [5.74, 6) is 0.504. The van der Waals surface area contributed by atoms with Crippen LogP contribution in [0.15, 0.2) is 65.9 Å². The quantitative estimate of drug-likeness (QED) is 0.577. The average Bonchev–Trinajstić information content (AvgIpc) is 3.41. The first-order valence-corrected chi connectivity index (χ1v) is 11.5. The van der Waals surface area contributed by atoms with Crippen molar-refractivity contribution >= 4 is 16.5 Å². The van der Waals surface area contributed by atoms with Crippen LogP contribution in [-0.2, 0) is 4.74 Å². The minimum Gasteiger partial charge on any atom is -0.359 e. The van der Waals surface area contributed by atoms with Gasteiger partial charge in [-0.15, -0.1) is 0 Å². The van der Waals surface area contributed by atoms with Crippen molar-refractivity contribution in [2.24, 2.45) is 11.3 Å². The molecule has 1 unspecified atom stereocenters. The van der Waals surface area contributed by atoms with E-state index < -0.39 is 0 Å². The number of rotatable bonds is 1. The van der Waals surface area contributed by atoms with Gasteiger partial charge in [0.1, 0.15) is 0 Å². The van der Waals surface area contributed by atoms with E-state index in [2.05, 4.69) is 60.1 Å². The van der Waals surface area contributed by atoms with Gasteiger partial charge in [0.15, 0.2) is 0 Å². The van der Waals surface area contributed by atoms with E-state index in [1.54, 1.807) is 0 Å². The zero-order valence-corrected chi connectivity index (χ0v) is 17.6. The fourth-order valence-electron chi connectivity index (χ4n) is 7.48. The van der Waals surface area contributed by atoms with Gasteiger partial charge >= 0.3 is 0 Å². The van der Waals surface area contributed by atoms with E-state index in [9.17, 15) is 0 Å². The molecular formula is C27H28N2O. The lowest BCUT2D eigenvalue weighted by Gasteiger charge is -2.53. The van der Waals surface area contributed by atoms with Gasteiger partial charge in [-0.1, -0.05) is 49.4 Å². The number of aromatic amines is 1. The van der Waals surface area contributed by atoms with Crippen molar-refractivity contribution in [3.05, 3.63) is 71.5 Å². The number of hydrogen-bond donors (Lipinski definition) is 1. The van der Waals surface area contributed by atoms with Crippen LogP contribution >= 0.6 is 0 Å². The Hall–Kier alpha value is -2.39. The number of H-pyrrole nitrogens is 1. The predicted molar refractivity (Wildman–Crippen MR) is 120 cm³/mol. The molecule has 1 saturated heterocycles. The number of nitrogens with zero attached hydrogens (tertiary/aromatic N) is 1. The van der Waals surface area contributed by atoms with E-state index in [-0.39, 0.29) is 16.6 Å². The number of hydrogen-bond acceptors (Lipinski definition) is 2. The lowest BCUT2D eigenvalue weighted by atomic mass is 9.58. The summed E-state index contributed by atoms with van der Waals surface area (Å²) in [7, 11) is 0. The SMILES string of the molecule is C=C1CCC2=CC3=CC[C@]4(C)C(c5ccc6cn[nH]c6c5)=CC[C@H]4C34CC[C@]2(C1)O4. The van der Waals surface area contributed by atoms with Crippen LogP contribution in [0.25, 0.3) is 16.5 Å². The number of aromatic nitrogens is 2. The van der Waals surface area contributed by atoms with Crippen molar-refractivity contribution in [2.75, 3.05) is 0 Å². The highest BCUT2D eigenvalue weighted by Gasteiger charge is 2.64. The van der Waals surface area contributed by atoms with Crippen molar-refractivity contribution in [1.82, 2.24) is 10.2 Å².